The molecule has 2 unspecified atom stereocenters. The van der Waals surface area contributed by atoms with Gasteiger partial charge in [-0.2, -0.15) is 0 Å². The molecule has 2 aromatic rings. The topological polar surface area (TPSA) is 54.2 Å². The quantitative estimate of drug-likeness (QED) is 0.617. The lowest BCUT2D eigenvalue weighted by Crippen LogP contribution is -2.45. The third-order valence-electron chi connectivity index (χ3n) is 5.34. The summed E-state index contributed by atoms with van der Waals surface area (Å²) in [5, 5.41) is 7.04. The minimum absolute atomic E-state index is 0.531. The van der Waals surface area contributed by atoms with Crippen LogP contribution in [0.25, 0.3) is 0 Å². The van der Waals surface area contributed by atoms with E-state index in [9.17, 15) is 0 Å². The van der Waals surface area contributed by atoms with Crippen LogP contribution in [0.15, 0.2) is 47.7 Å². The Balaban J connectivity index is 1.54. The van der Waals surface area contributed by atoms with Crippen LogP contribution < -0.4 is 10.6 Å². The van der Waals surface area contributed by atoms with Crippen molar-refractivity contribution in [2.45, 2.75) is 58.2 Å². The zero-order valence-corrected chi connectivity index (χ0v) is 16.0. The van der Waals surface area contributed by atoms with Gasteiger partial charge in [0.25, 0.3) is 0 Å². The molecule has 2 atom stereocenters. The standard InChI is InChI=1S/C21H31N5/c1-3-17-10-7-11-19(14-17)25-21(22-2)24-15-20-23-12-13-26(20)16-18-8-5-4-6-9-18/h4-6,8-9,12-13,17,19H,3,7,10-11,14-16H2,1-2H3,(H2,22,24,25). The summed E-state index contributed by atoms with van der Waals surface area (Å²) in [5.74, 6) is 2.75. The SMILES string of the molecule is CCC1CCCC(NC(=NC)NCc2nccn2Cc2ccccc2)C1. The lowest BCUT2D eigenvalue weighted by atomic mass is 9.84. The Labute approximate surface area is 156 Å². The molecule has 1 heterocycles. The molecule has 5 heteroatoms. The normalized spacial score (nSPS) is 20.8. The van der Waals surface area contributed by atoms with Crippen LogP contribution in [0.1, 0.15) is 50.4 Å². The van der Waals surface area contributed by atoms with Crippen LogP contribution in [0.2, 0.25) is 0 Å². The molecule has 0 spiro atoms. The Morgan fingerprint density at radius 1 is 1.27 bits per heavy atom. The number of imidazole rings is 1. The first kappa shape index (κ1) is 18.5. The van der Waals surface area contributed by atoms with Gasteiger partial charge in [0, 0.05) is 32.0 Å². The molecular formula is C21H31N5. The highest BCUT2D eigenvalue weighted by Crippen LogP contribution is 2.26. The zero-order chi connectivity index (χ0) is 18.2. The molecule has 26 heavy (non-hydrogen) atoms. The van der Waals surface area contributed by atoms with E-state index in [0.717, 1.165) is 24.2 Å². The Kier molecular flexibility index (Phi) is 6.69. The predicted octanol–water partition coefficient (Wildman–Crippen LogP) is 3.57. The highest BCUT2D eigenvalue weighted by molar-refractivity contribution is 5.79. The molecular weight excluding hydrogens is 322 g/mol. The van der Waals surface area contributed by atoms with Gasteiger partial charge in [0.15, 0.2) is 5.96 Å². The Hall–Kier alpha value is -2.30. The third kappa shape index (κ3) is 5.10. The molecule has 1 saturated carbocycles. The number of nitrogens with one attached hydrogen (secondary N) is 2. The average Bonchev–Trinajstić information content (AvgIpc) is 3.13. The third-order valence-corrected chi connectivity index (χ3v) is 5.34. The lowest BCUT2D eigenvalue weighted by molar-refractivity contribution is 0.298. The minimum atomic E-state index is 0.531. The second kappa shape index (κ2) is 9.41. The number of hydrogen-bond acceptors (Lipinski definition) is 2. The van der Waals surface area contributed by atoms with E-state index in [0.29, 0.717) is 12.6 Å². The Morgan fingerprint density at radius 3 is 2.88 bits per heavy atom. The number of guanidine groups is 1. The van der Waals surface area contributed by atoms with Gasteiger partial charge in [0.1, 0.15) is 5.82 Å². The van der Waals surface area contributed by atoms with Crippen LogP contribution in [-0.4, -0.2) is 28.6 Å². The summed E-state index contributed by atoms with van der Waals surface area (Å²) in [6, 6.07) is 11.0. The molecule has 1 aliphatic rings. The minimum Gasteiger partial charge on any atom is -0.354 e. The summed E-state index contributed by atoms with van der Waals surface area (Å²) in [7, 11) is 1.84. The first-order chi connectivity index (χ1) is 12.8. The molecule has 0 saturated heterocycles. The van der Waals surface area contributed by atoms with Crippen molar-refractivity contribution in [2.75, 3.05) is 7.05 Å². The fourth-order valence-corrected chi connectivity index (χ4v) is 3.77. The Morgan fingerprint density at radius 2 is 2.12 bits per heavy atom. The van der Waals surface area contributed by atoms with E-state index < -0.39 is 0 Å². The number of rotatable bonds is 6. The highest BCUT2D eigenvalue weighted by atomic mass is 15.2. The molecule has 0 bridgehead atoms. The van der Waals surface area contributed by atoms with Gasteiger partial charge in [-0.15, -0.1) is 0 Å². The highest BCUT2D eigenvalue weighted by Gasteiger charge is 2.21. The summed E-state index contributed by atoms with van der Waals surface area (Å²) in [6.45, 7) is 3.81. The molecule has 0 radical (unpaired) electrons. The summed E-state index contributed by atoms with van der Waals surface area (Å²) in [5.41, 5.74) is 1.28. The maximum atomic E-state index is 4.51. The van der Waals surface area contributed by atoms with Crippen LogP contribution in [0.4, 0.5) is 0 Å². The van der Waals surface area contributed by atoms with Crippen molar-refractivity contribution in [3.05, 3.63) is 54.1 Å². The fraction of sp³-hybridized carbons (Fsp3) is 0.524. The van der Waals surface area contributed by atoms with E-state index >= 15 is 0 Å². The molecule has 1 aromatic carbocycles. The van der Waals surface area contributed by atoms with Crippen molar-refractivity contribution in [3.8, 4) is 0 Å². The van der Waals surface area contributed by atoms with Crippen LogP contribution in [-0.2, 0) is 13.1 Å². The first-order valence-corrected chi connectivity index (χ1v) is 9.79. The summed E-state index contributed by atoms with van der Waals surface area (Å²) in [6.07, 6.45) is 10.4. The van der Waals surface area contributed by atoms with Gasteiger partial charge in [-0.25, -0.2) is 4.98 Å². The second-order valence-electron chi connectivity index (χ2n) is 7.16. The summed E-state index contributed by atoms with van der Waals surface area (Å²) >= 11 is 0. The van der Waals surface area contributed by atoms with Gasteiger partial charge in [-0.3, -0.25) is 4.99 Å². The van der Waals surface area contributed by atoms with Gasteiger partial charge in [-0.05, 0) is 24.3 Å². The van der Waals surface area contributed by atoms with E-state index in [4.69, 9.17) is 0 Å². The maximum Gasteiger partial charge on any atom is 0.191 e. The van der Waals surface area contributed by atoms with E-state index in [1.807, 2.05) is 25.5 Å². The fourth-order valence-electron chi connectivity index (χ4n) is 3.77. The van der Waals surface area contributed by atoms with Gasteiger partial charge in [0.05, 0.1) is 6.54 Å². The van der Waals surface area contributed by atoms with Crippen molar-refractivity contribution >= 4 is 5.96 Å². The van der Waals surface area contributed by atoms with Crippen molar-refractivity contribution in [1.29, 1.82) is 0 Å². The van der Waals surface area contributed by atoms with Crippen molar-refractivity contribution < 1.29 is 0 Å². The van der Waals surface area contributed by atoms with Gasteiger partial charge in [-0.1, -0.05) is 56.5 Å². The van der Waals surface area contributed by atoms with Gasteiger partial charge >= 0.3 is 0 Å². The maximum absolute atomic E-state index is 4.51. The lowest BCUT2D eigenvalue weighted by Gasteiger charge is -2.30. The van der Waals surface area contributed by atoms with E-state index in [-0.39, 0.29) is 0 Å². The number of nitrogens with zero attached hydrogens (tertiary/aromatic N) is 3. The van der Waals surface area contributed by atoms with Crippen LogP contribution in [0.3, 0.4) is 0 Å². The van der Waals surface area contributed by atoms with Gasteiger partial charge < -0.3 is 15.2 Å². The molecule has 2 N–H and O–H groups in total. The molecule has 140 valence electrons. The summed E-state index contributed by atoms with van der Waals surface area (Å²) < 4.78 is 2.18. The average molecular weight is 354 g/mol. The number of benzene rings is 1. The van der Waals surface area contributed by atoms with E-state index in [1.165, 1.54) is 37.7 Å². The molecule has 5 nitrogen and oxygen atoms in total. The number of aromatic nitrogens is 2. The Bertz CT molecular complexity index is 691. The van der Waals surface area contributed by atoms with Crippen molar-refractivity contribution in [2.24, 2.45) is 10.9 Å². The zero-order valence-electron chi connectivity index (χ0n) is 16.0. The largest absolute Gasteiger partial charge is 0.354 e. The van der Waals surface area contributed by atoms with Crippen LogP contribution >= 0.6 is 0 Å². The monoisotopic (exact) mass is 353 g/mol. The molecule has 1 aliphatic carbocycles. The van der Waals surface area contributed by atoms with Gasteiger partial charge in [0.2, 0.25) is 0 Å². The molecule has 3 rings (SSSR count). The molecule has 1 aromatic heterocycles. The second-order valence-corrected chi connectivity index (χ2v) is 7.16. The van der Waals surface area contributed by atoms with Crippen molar-refractivity contribution in [1.82, 2.24) is 20.2 Å². The van der Waals surface area contributed by atoms with Crippen LogP contribution in [0, 0.1) is 5.92 Å². The van der Waals surface area contributed by atoms with E-state index in [2.05, 4.69) is 56.4 Å². The molecule has 0 aliphatic heterocycles. The molecule has 0 amide bonds. The number of hydrogen-bond donors (Lipinski definition) is 2. The van der Waals surface area contributed by atoms with Crippen molar-refractivity contribution in [3.63, 3.8) is 0 Å². The number of aliphatic imine (C=N–C) groups is 1. The predicted molar refractivity (Wildman–Crippen MR) is 107 cm³/mol. The smallest absolute Gasteiger partial charge is 0.191 e. The first-order valence-electron chi connectivity index (χ1n) is 9.79. The molecule has 1 fully saturated rings. The van der Waals surface area contributed by atoms with E-state index in [1.54, 1.807) is 0 Å². The van der Waals surface area contributed by atoms with Crippen LogP contribution in [0.5, 0.6) is 0 Å². The summed E-state index contributed by atoms with van der Waals surface area (Å²) in [4.78, 5) is 8.91.